The number of carbonyl (C=O) groups excluding carboxylic acids is 1. The molecule has 22 heavy (non-hydrogen) atoms. The van der Waals surface area contributed by atoms with Crippen molar-refractivity contribution in [3.63, 3.8) is 0 Å². The fraction of sp³-hybridized carbons (Fsp3) is 0.400. The molecule has 1 aromatic carbocycles. The van der Waals surface area contributed by atoms with E-state index in [1.807, 2.05) is 29.2 Å². The molecular weight excluding hydrogens is 300 g/mol. The highest BCUT2D eigenvalue weighted by molar-refractivity contribution is 7.15. The summed E-state index contributed by atoms with van der Waals surface area (Å²) >= 11 is 1.41. The number of ether oxygens (including phenoxy) is 1. The van der Waals surface area contributed by atoms with Gasteiger partial charge in [-0.15, -0.1) is 10.2 Å². The summed E-state index contributed by atoms with van der Waals surface area (Å²) in [5, 5.41) is 12.8. The molecule has 0 spiro atoms. The van der Waals surface area contributed by atoms with Crippen molar-refractivity contribution in [1.29, 1.82) is 0 Å². The number of nitrogens with one attached hydrogen (secondary N) is 1. The van der Waals surface area contributed by atoms with Crippen LogP contribution >= 0.6 is 11.3 Å². The van der Waals surface area contributed by atoms with Gasteiger partial charge in [0.15, 0.2) is 0 Å². The highest BCUT2D eigenvalue weighted by atomic mass is 32.1. The number of anilines is 2. The Hall–Kier alpha value is -2.15. The van der Waals surface area contributed by atoms with Gasteiger partial charge < -0.3 is 15.0 Å². The Bertz CT molecular complexity index is 652. The van der Waals surface area contributed by atoms with Crippen LogP contribution < -0.4 is 10.1 Å². The molecular formula is C15H18N4O2S. The van der Waals surface area contributed by atoms with Crippen molar-refractivity contribution in [2.24, 2.45) is 0 Å². The van der Waals surface area contributed by atoms with Gasteiger partial charge in [-0.3, -0.25) is 4.79 Å². The van der Waals surface area contributed by atoms with E-state index in [-0.39, 0.29) is 5.91 Å². The Morgan fingerprint density at radius 1 is 1.36 bits per heavy atom. The lowest BCUT2D eigenvalue weighted by atomic mass is 10.3. The molecule has 3 rings (SSSR count). The van der Waals surface area contributed by atoms with Gasteiger partial charge in [-0.05, 0) is 25.0 Å². The van der Waals surface area contributed by atoms with E-state index < -0.39 is 0 Å². The van der Waals surface area contributed by atoms with E-state index in [0.29, 0.717) is 11.6 Å². The second-order valence-electron chi connectivity index (χ2n) is 5.12. The number of rotatable bonds is 5. The molecule has 0 bridgehead atoms. The fourth-order valence-electron chi connectivity index (χ4n) is 2.41. The molecule has 1 amide bonds. The van der Waals surface area contributed by atoms with Gasteiger partial charge >= 0.3 is 0 Å². The number of benzene rings is 1. The smallest absolute Gasteiger partial charge is 0.229 e. The van der Waals surface area contributed by atoms with Gasteiger partial charge in [-0.2, -0.15) is 0 Å². The van der Waals surface area contributed by atoms with Gasteiger partial charge in [0.25, 0.3) is 0 Å². The van der Waals surface area contributed by atoms with Gasteiger partial charge in [0.1, 0.15) is 10.8 Å². The Balaban J connectivity index is 1.62. The molecule has 1 aromatic heterocycles. The number of nitrogens with zero attached hydrogens (tertiary/aromatic N) is 3. The molecule has 7 heteroatoms. The lowest BCUT2D eigenvalue weighted by molar-refractivity contribution is -0.129. The first-order valence-electron chi connectivity index (χ1n) is 7.26. The summed E-state index contributed by atoms with van der Waals surface area (Å²) < 4.78 is 5.18. The van der Waals surface area contributed by atoms with Crippen molar-refractivity contribution >= 4 is 28.1 Å². The van der Waals surface area contributed by atoms with E-state index in [1.54, 1.807) is 7.11 Å². The van der Waals surface area contributed by atoms with E-state index >= 15 is 0 Å². The third-order valence-electron chi connectivity index (χ3n) is 3.55. The fourth-order valence-corrected chi connectivity index (χ4v) is 3.16. The van der Waals surface area contributed by atoms with Crippen LogP contribution in [0.3, 0.4) is 0 Å². The quantitative estimate of drug-likeness (QED) is 0.917. The number of amides is 1. The minimum absolute atomic E-state index is 0.140. The monoisotopic (exact) mass is 318 g/mol. The number of hydrogen-bond donors (Lipinski definition) is 1. The Kier molecular flexibility index (Phi) is 4.53. The molecule has 0 atom stereocenters. The Morgan fingerprint density at radius 2 is 2.18 bits per heavy atom. The molecule has 6 nitrogen and oxygen atoms in total. The first kappa shape index (κ1) is 14.8. The van der Waals surface area contributed by atoms with Crippen LogP contribution in [0, 0.1) is 0 Å². The summed E-state index contributed by atoms with van der Waals surface area (Å²) in [5.74, 6) is 0.917. The maximum Gasteiger partial charge on any atom is 0.229 e. The van der Waals surface area contributed by atoms with Crippen LogP contribution in [0.25, 0.3) is 0 Å². The van der Waals surface area contributed by atoms with Crippen molar-refractivity contribution < 1.29 is 9.53 Å². The average molecular weight is 318 g/mol. The van der Waals surface area contributed by atoms with Crippen LogP contribution in [-0.2, 0) is 11.2 Å². The maximum absolute atomic E-state index is 12.1. The van der Waals surface area contributed by atoms with Gasteiger partial charge in [0, 0.05) is 24.8 Å². The highest BCUT2D eigenvalue weighted by Gasteiger charge is 2.19. The molecule has 0 radical (unpaired) electrons. The third kappa shape index (κ3) is 3.54. The van der Waals surface area contributed by atoms with Gasteiger partial charge in [0.2, 0.25) is 11.0 Å². The minimum Gasteiger partial charge on any atom is -0.497 e. The normalized spacial score (nSPS) is 14.1. The molecule has 0 aliphatic carbocycles. The number of aromatic nitrogens is 2. The van der Waals surface area contributed by atoms with Gasteiger partial charge in [-0.1, -0.05) is 17.4 Å². The first-order chi connectivity index (χ1) is 10.7. The second-order valence-corrected chi connectivity index (χ2v) is 6.18. The molecule has 116 valence electrons. The summed E-state index contributed by atoms with van der Waals surface area (Å²) in [6, 6.07) is 7.60. The molecule has 1 saturated heterocycles. The summed E-state index contributed by atoms with van der Waals surface area (Å²) in [5.41, 5.74) is 0.882. The van der Waals surface area contributed by atoms with Crippen molar-refractivity contribution in [3.8, 4) is 5.75 Å². The number of carbonyl (C=O) groups is 1. The van der Waals surface area contributed by atoms with E-state index in [0.717, 1.165) is 42.4 Å². The third-order valence-corrected chi connectivity index (χ3v) is 4.39. The lowest BCUT2D eigenvalue weighted by Gasteiger charge is -2.13. The van der Waals surface area contributed by atoms with Crippen LogP contribution in [0.5, 0.6) is 5.75 Å². The summed E-state index contributed by atoms with van der Waals surface area (Å²) in [6.07, 6.45) is 2.53. The van der Waals surface area contributed by atoms with Crippen molar-refractivity contribution in [1.82, 2.24) is 15.1 Å². The summed E-state index contributed by atoms with van der Waals surface area (Å²) in [7, 11) is 1.63. The Labute approximate surface area is 133 Å². The molecule has 0 saturated carbocycles. The zero-order chi connectivity index (χ0) is 15.4. The largest absolute Gasteiger partial charge is 0.497 e. The van der Waals surface area contributed by atoms with Crippen molar-refractivity contribution in [2.75, 3.05) is 25.5 Å². The number of likely N-dealkylation sites (tertiary alicyclic amines) is 1. The number of methoxy groups -OCH3 is 1. The van der Waals surface area contributed by atoms with Crippen LogP contribution in [0.15, 0.2) is 24.3 Å². The summed E-state index contributed by atoms with van der Waals surface area (Å²) in [6.45, 7) is 1.74. The Morgan fingerprint density at radius 3 is 2.95 bits per heavy atom. The van der Waals surface area contributed by atoms with E-state index in [2.05, 4.69) is 15.5 Å². The zero-order valence-corrected chi connectivity index (χ0v) is 13.2. The number of hydrogen-bond acceptors (Lipinski definition) is 6. The predicted molar refractivity (Wildman–Crippen MR) is 85.7 cm³/mol. The van der Waals surface area contributed by atoms with Crippen LogP contribution in [0.2, 0.25) is 0 Å². The minimum atomic E-state index is 0.140. The molecule has 2 aromatic rings. The maximum atomic E-state index is 12.1. The zero-order valence-electron chi connectivity index (χ0n) is 12.4. The topological polar surface area (TPSA) is 67.3 Å². The summed E-state index contributed by atoms with van der Waals surface area (Å²) in [4.78, 5) is 14.0. The second kappa shape index (κ2) is 6.74. The lowest BCUT2D eigenvalue weighted by Crippen LogP contribution is -2.28. The molecule has 1 aliphatic rings. The van der Waals surface area contributed by atoms with E-state index in [1.165, 1.54) is 11.3 Å². The molecule has 2 heterocycles. The standard InChI is InChI=1S/C15H18N4O2S/c1-21-12-6-4-5-11(9-12)16-15-18-17-13(22-15)10-14(20)19-7-2-3-8-19/h4-6,9H,2-3,7-8,10H2,1H3,(H,16,18). The van der Waals surface area contributed by atoms with Crippen molar-refractivity contribution in [2.45, 2.75) is 19.3 Å². The van der Waals surface area contributed by atoms with Crippen LogP contribution in [0.4, 0.5) is 10.8 Å². The SMILES string of the molecule is COc1cccc(Nc2nnc(CC(=O)N3CCCC3)s2)c1. The molecule has 1 N–H and O–H groups in total. The highest BCUT2D eigenvalue weighted by Crippen LogP contribution is 2.24. The van der Waals surface area contributed by atoms with E-state index in [4.69, 9.17) is 4.74 Å². The van der Waals surface area contributed by atoms with Gasteiger partial charge in [-0.25, -0.2) is 0 Å². The average Bonchev–Trinajstić information content (AvgIpc) is 3.19. The molecule has 1 aliphatic heterocycles. The van der Waals surface area contributed by atoms with Gasteiger partial charge in [0.05, 0.1) is 13.5 Å². The molecule has 0 unspecified atom stereocenters. The van der Waals surface area contributed by atoms with E-state index in [9.17, 15) is 4.79 Å². The molecule has 1 fully saturated rings. The van der Waals surface area contributed by atoms with Crippen molar-refractivity contribution in [3.05, 3.63) is 29.3 Å². The predicted octanol–water partition coefficient (Wildman–Crippen LogP) is 2.46. The van der Waals surface area contributed by atoms with Crippen LogP contribution in [0.1, 0.15) is 17.8 Å². The first-order valence-corrected chi connectivity index (χ1v) is 8.07. The van der Waals surface area contributed by atoms with Crippen LogP contribution in [-0.4, -0.2) is 41.2 Å².